The van der Waals surface area contributed by atoms with E-state index in [0.29, 0.717) is 0 Å². The van der Waals surface area contributed by atoms with Gasteiger partial charge in [-0.2, -0.15) is 0 Å². The lowest BCUT2D eigenvalue weighted by molar-refractivity contribution is 0.177. The zero-order valence-electron chi connectivity index (χ0n) is 14.1. The highest BCUT2D eigenvalue weighted by Gasteiger charge is 2.14. The van der Waals surface area contributed by atoms with E-state index in [2.05, 4.69) is 60.4 Å². The lowest BCUT2D eigenvalue weighted by atomic mass is 9.99. The topological polar surface area (TPSA) is 12.5 Å². The van der Waals surface area contributed by atoms with Crippen molar-refractivity contribution in [2.45, 2.75) is 26.2 Å². The van der Waals surface area contributed by atoms with Gasteiger partial charge < -0.3 is 9.64 Å². The van der Waals surface area contributed by atoms with Gasteiger partial charge in [0.05, 0.1) is 6.61 Å². The molecule has 0 aromatic heterocycles. The van der Waals surface area contributed by atoms with E-state index in [-0.39, 0.29) is 0 Å². The normalized spacial score (nSPS) is 16.4. The molecule has 1 fully saturated rings. The second kappa shape index (κ2) is 8.16. The molecule has 3 rings (SSSR count). The van der Waals surface area contributed by atoms with Crippen LogP contribution >= 0.6 is 0 Å². The number of benzene rings is 2. The number of piperidine rings is 1. The van der Waals surface area contributed by atoms with Gasteiger partial charge in [-0.05, 0) is 61.5 Å². The van der Waals surface area contributed by atoms with E-state index in [9.17, 15) is 0 Å². The predicted molar refractivity (Wildman–Crippen MR) is 96.8 cm³/mol. The Labute approximate surface area is 140 Å². The Balaban J connectivity index is 1.41. The highest BCUT2D eigenvalue weighted by atomic mass is 16.5. The van der Waals surface area contributed by atoms with Crippen molar-refractivity contribution < 1.29 is 4.74 Å². The quantitative estimate of drug-likeness (QED) is 0.707. The van der Waals surface area contributed by atoms with Crippen LogP contribution in [-0.4, -0.2) is 31.1 Å². The van der Waals surface area contributed by atoms with Crippen LogP contribution in [0, 0.1) is 5.92 Å². The molecule has 0 radical (unpaired) electrons. The van der Waals surface area contributed by atoms with Gasteiger partial charge in [0.15, 0.2) is 0 Å². The Morgan fingerprint density at radius 3 is 2.26 bits per heavy atom. The average molecular weight is 309 g/mol. The van der Waals surface area contributed by atoms with E-state index in [1.54, 1.807) is 0 Å². The van der Waals surface area contributed by atoms with Crippen LogP contribution in [-0.2, 0) is 0 Å². The van der Waals surface area contributed by atoms with E-state index < -0.39 is 0 Å². The molecule has 1 heterocycles. The summed E-state index contributed by atoms with van der Waals surface area (Å²) in [5.41, 5.74) is 2.48. The molecule has 0 unspecified atom stereocenters. The van der Waals surface area contributed by atoms with Crippen LogP contribution in [0.4, 0.5) is 0 Å². The van der Waals surface area contributed by atoms with Crippen LogP contribution < -0.4 is 4.74 Å². The van der Waals surface area contributed by atoms with Crippen LogP contribution in [0.2, 0.25) is 0 Å². The van der Waals surface area contributed by atoms with Gasteiger partial charge in [-0.15, -0.1) is 0 Å². The second-order valence-corrected chi connectivity index (χ2v) is 6.62. The SMILES string of the molecule is CC1CCN(CCCOc2ccc(-c3ccccc3)cc2)CC1. The molecule has 0 spiro atoms. The summed E-state index contributed by atoms with van der Waals surface area (Å²) in [4.78, 5) is 2.57. The summed E-state index contributed by atoms with van der Waals surface area (Å²) < 4.78 is 5.88. The van der Waals surface area contributed by atoms with Gasteiger partial charge in [-0.1, -0.05) is 49.4 Å². The summed E-state index contributed by atoms with van der Waals surface area (Å²) in [5, 5.41) is 0. The van der Waals surface area contributed by atoms with Gasteiger partial charge in [0.2, 0.25) is 0 Å². The smallest absolute Gasteiger partial charge is 0.119 e. The first-order valence-corrected chi connectivity index (χ1v) is 8.82. The van der Waals surface area contributed by atoms with E-state index in [4.69, 9.17) is 4.74 Å². The zero-order chi connectivity index (χ0) is 15.9. The molecule has 2 aromatic carbocycles. The van der Waals surface area contributed by atoms with Crippen molar-refractivity contribution >= 4 is 0 Å². The summed E-state index contributed by atoms with van der Waals surface area (Å²) in [5.74, 6) is 1.88. The maximum Gasteiger partial charge on any atom is 0.119 e. The molecule has 2 aromatic rings. The average Bonchev–Trinajstić information content (AvgIpc) is 2.62. The van der Waals surface area contributed by atoms with Crippen LogP contribution in [0.5, 0.6) is 5.75 Å². The Kier molecular flexibility index (Phi) is 5.71. The standard InChI is InChI=1S/C21H27NO/c1-18-12-15-22(16-13-18)14-5-17-23-21-10-8-20(9-11-21)19-6-3-2-4-7-19/h2-4,6-11,18H,5,12-17H2,1H3. The largest absolute Gasteiger partial charge is 0.494 e. The molecular formula is C21H27NO. The van der Waals surface area contributed by atoms with Gasteiger partial charge in [0.25, 0.3) is 0 Å². The van der Waals surface area contributed by atoms with E-state index in [1.165, 1.54) is 37.1 Å². The fourth-order valence-corrected chi connectivity index (χ4v) is 3.14. The lowest BCUT2D eigenvalue weighted by Gasteiger charge is -2.30. The van der Waals surface area contributed by atoms with Crippen LogP contribution in [0.1, 0.15) is 26.2 Å². The molecule has 1 aliphatic heterocycles. The second-order valence-electron chi connectivity index (χ2n) is 6.62. The molecule has 2 nitrogen and oxygen atoms in total. The van der Waals surface area contributed by atoms with Gasteiger partial charge >= 0.3 is 0 Å². The van der Waals surface area contributed by atoms with Crippen LogP contribution in [0.3, 0.4) is 0 Å². The maximum absolute atomic E-state index is 5.88. The van der Waals surface area contributed by atoms with Gasteiger partial charge in [0.1, 0.15) is 5.75 Å². The third kappa shape index (κ3) is 4.84. The molecule has 0 saturated carbocycles. The van der Waals surface area contributed by atoms with E-state index in [0.717, 1.165) is 31.2 Å². The van der Waals surface area contributed by atoms with Crippen LogP contribution in [0.15, 0.2) is 54.6 Å². The first-order chi connectivity index (χ1) is 11.3. The van der Waals surface area contributed by atoms with Crippen molar-refractivity contribution in [3.05, 3.63) is 54.6 Å². The summed E-state index contributed by atoms with van der Waals surface area (Å²) in [6, 6.07) is 18.9. The van der Waals surface area contributed by atoms with Gasteiger partial charge in [0, 0.05) is 6.54 Å². The number of hydrogen-bond donors (Lipinski definition) is 0. The number of likely N-dealkylation sites (tertiary alicyclic amines) is 1. The minimum absolute atomic E-state index is 0.802. The fourth-order valence-electron chi connectivity index (χ4n) is 3.14. The van der Waals surface area contributed by atoms with Crippen LogP contribution in [0.25, 0.3) is 11.1 Å². The highest BCUT2D eigenvalue weighted by molar-refractivity contribution is 5.63. The summed E-state index contributed by atoms with van der Waals surface area (Å²) in [7, 11) is 0. The Hall–Kier alpha value is -1.80. The third-order valence-electron chi connectivity index (χ3n) is 4.73. The van der Waals surface area contributed by atoms with Crippen molar-refractivity contribution in [2.75, 3.05) is 26.2 Å². The monoisotopic (exact) mass is 309 g/mol. The van der Waals surface area contributed by atoms with Crippen molar-refractivity contribution in [1.82, 2.24) is 4.90 Å². The predicted octanol–water partition coefficient (Wildman–Crippen LogP) is 4.85. The number of hydrogen-bond acceptors (Lipinski definition) is 2. The molecule has 23 heavy (non-hydrogen) atoms. The molecule has 0 N–H and O–H groups in total. The first-order valence-electron chi connectivity index (χ1n) is 8.82. The molecule has 0 amide bonds. The maximum atomic E-state index is 5.88. The van der Waals surface area contributed by atoms with E-state index in [1.807, 2.05) is 6.07 Å². The summed E-state index contributed by atoms with van der Waals surface area (Å²) in [6.45, 7) is 6.84. The van der Waals surface area contributed by atoms with Gasteiger partial charge in [-0.3, -0.25) is 0 Å². The molecule has 1 aliphatic rings. The fraction of sp³-hybridized carbons (Fsp3) is 0.429. The van der Waals surface area contributed by atoms with Crippen molar-refractivity contribution in [3.63, 3.8) is 0 Å². The third-order valence-corrected chi connectivity index (χ3v) is 4.73. The number of nitrogens with zero attached hydrogens (tertiary/aromatic N) is 1. The Morgan fingerprint density at radius 2 is 1.57 bits per heavy atom. The summed E-state index contributed by atoms with van der Waals surface area (Å²) >= 11 is 0. The van der Waals surface area contributed by atoms with Crippen molar-refractivity contribution in [1.29, 1.82) is 0 Å². The number of rotatable bonds is 6. The molecular weight excluding hydrogens is 282 g/mol. The Morgan fingerprint density at radius 1 is 0.913 bits per heavy atom. The lowest BCUT2D eigenvalue weighted by Crippen LogP contribution is -2.34. The highest BCUT2D eigenvalue weighted by Crippen LogP contribution is 2.22. The minimum Gasteiger partial charge on any atom is -0.494 e. The molecule has 0 bridgehead atoms. The molecule has 0 atom stereocenters. The first kappa shape index (κ1) is 16.1. The van der Waals surface area contributed by atoms with E-state index >= 15 is 0 Å². The Bertz CT molecular complexity index is 571. The minimum atomic E-state index is 0.802. The van der Waals surface area contributed by atoms with Crippen molar-refractivity contribution in [2.24, 2.45) is 5.92 Å². The van der Waals surface area contributed by atoms with Gasteiger partial charge in [-0.25, -0.2) is 0 Å². The molecule has 2 heteroatoms. The molecule has 0 aliphatic carbocycles. The molecule has 1 saturated heterocycles. The number of ether oxygens (including phenoxy) is 1. The zero-order valence-corrected chi connectivity index (χ0v) is 14.1. The molecule has 122 valence electrons. The van der Waals surface area contributed by atoms with Crippen molar-refractivity contribution in [3.8, 4) is 16.9 Å². The summed E-state index contributed by atoms with van der Waals surface area (Å²) in [6.07, 6.45) is 3.80.